The van der Waals surface area contributed by atoms with Crippen LogP contribution in [0.15, 0.2) is 109 Å². The van der Waals surface area contributed by atoms with Gasteiger partial charge >= 0.3 is 0 Å². The van der Waals surface area contributed by atoms with Crippen LogP contribution in [0.1, 0.15) is 85.3 Å². The molecule has 6 aromatic rings. The van der Waals surface area contributed by atoms with Crippen LogP contribution in [-0.4, -0.2) is 45.1 Å². The number of benzene rings is 6. The fraction of sp³-hybridized carbons (Fsp3) is 0.296. The van der Waals surface area contributed by atoms with Crippen LogP contribution in [-0.2, 0) is 0 Å². The molecule has 0 aromatic heterocycles. The van der Waals surface area contributed by atoms with E-state index >= 15 is 0 Å². The number of ether oxygens (including phenoxy) is 1. The number of nitrogens with zero attached hydrogens (tertiary/aromatic N) is 2. The monoisotopic (exact) mass is 812 g/mol. The summed E-state index contributed by atoms with van der Waals surface area (Å²) in [6.45, 7) is 19.1. The SMILES string of the molecule is COc1ccc(-c2ccccc2)c(C(=O)Nc2c(C)cc(C)c(N3CCCC3)c2C)c1.Cc1ccc(-c2ccccc2)c(C(=O)Nc2c(C)cc(C)c(N3CCCC3)c2C)c1. The summed E-state index contributed by atoms with van der Waals surface area (Å²) in [4.78, 5) is 31.9. The van der Waals surface area contributed by atoms with Gasteiger partial charge in [-0.05, 0) is 154 Å². The molecule has 2 N–H and O–H groups in total. The van der Waals surface area contributed by atoms with Crippen LogP contribution in [0, 0.1) is 48.5 Å². The van der Waals surface area contributed by atoms with E-state index in [4.69, 9.17) is 4.74 Å². The molecule has 2 aliphatic rings. The molecule has 2 heterocycles. The molecule has 2 saturated heterocycles. The Labute approximate surface area is 362 Å². The fourth-order valence-electron chi connectivity index (χ4n) is 9.37. The van der Waals surface area contributed by atoms with Crippen molar-refractivity contribution in [3.63, 3.8) is 0 Å². The van der Waals surface area contributed by atoms with E-state index in [9.17, 15) is 9.59 Å². The molecule has 0 atom stereocenters. The number of carbonyl (C=O) groups excluding carboxylic acids is 2. The summed E-state index contributed by atoms with van der Waals surface area (Å²) < 4.78 is 5.41. The van der Waals surface area contributed by atoms with Crippen molar-refractivity contribution in [3.8, 4) is 28.0 Å². The lowest BCUT2D eigenvalue weighted by atomic mass is 9.96. The van der Waals surface area contributed by atoms with Gasteiger partial charge in [-0.15, -0.1) is 0 Å². The van der Waals surface area contributed by atoms with Gasteiger partial charge in [0.05, 0.1) is 12.7 Å². The molecule has 0 bridgehead atoms. The number of methoxy groups -OCH3 is 1. The number of hydrogen-bond acceptors (Lipinski definition) is 5. The van der Waals surface area contributed by atoms with Gasteiger partial charge in [0, 0.05) is 54.5 Å². The fourth-order valence-corrected chi connectivity index (χ4v) is 9.37. The molecule has 314 valence electrons. The minimum absolute atomic E-state index is 0.0556. The summed E-state index contributed by atoms with van der Waals surface area (Å²) in [5.41, 5.74) is 17.7. The molecule has 6 aromatic carbocycles. The standard InChI is InChI=1S/C27H30N2O2.C27H30N2O/c1-18-16-19(2)26(29-14-8-9-15-29)20(3)25(18)28-27(30)24-17-22(31-4)12-13-23(24)21-10-6-5-7-11-21;1-18-12-13-23(22-10-6-5-7-11-22)24(16-18)27(30)28-25-19(2)17-20(3)26(21(25)4)29-14-8-9-15-29/h5-7,10-13,16-17H,8-9,14-15H2,1-4H3,(H,28,30);5-7,10-13,16-17H,8-9,14-15H2,1-4H3,(H,28,30). The van der Waals surface area contributed by atoms with Gasteiger partial charge in [0.2, 0.25) is 0 Å². The Morgan fingerprint density at radius 2 is 0.902 bits per heavy atom. The number of nitrogens with one attached hydrogen (secondary N) is 2. The first-order valence-corrected chi connectivity index (χ1v) is 21.7. The largest absolute Gasteiger partial charge is 0.497 e. The maximum atomic E-state index is 13.5. The van der Waals surface area contributed by atoms with Crippen molar-refractivity contribution in [2.75, 3.05) is 53.7 Å². The third kappa shape index (κ3) is 9.36. The van der Waals surface area contributed by atoms with Crippen molar-refractivity contribution in [3.05, 3.63) is 159 Å². The minimum atomic E-state index is -0.125. The first-order valence-electron chi connectivity index (χ1n) is 21.7. The van der Waals surface area contributed by atoms with Gasteiger partial charge in [-0.25, -0.2) is 0 Å². The van der Waals surface area contributed by atoms with Crippen molar-refractivity contribution in [2.45, 2.75) is 74.1 Å². The Bertz CT molecular complexity index is 2530. The van der Waals surface area contributed by atoms with Crippen LogP contribution >= 0.6 is 0 Å². The molecule has 2 fully saturated rings. The Hall–Kier alpha value is -6.34. The third-order valence-corrected chi connectivity index (χ3v) is 12.2. The smallest absolute Gasteiger partial charge is 0.256 e. The van der Waals surface area contributed by atoms with Crippen LogP contribution in [0.3, 0.4) is 0 Å². The molecule has 7 nitrogen and oxygen atoms in total. The van der Waals surface area contributed by atoms with E-state index in [1.54, 1.807) is 7.11 Å². The zero-order valence-corrected chi connectivity index (χ0v) is 37.2. The lowest BCUT2D eigenvalue weighted by molar-refractivity contribution is 0.101. The van der Waals surface area contributed by atoms with Crippen molar-refractivity contribution >= 4 is 34.6 Å². The highest BCUT2D eigenvalue weighted by molar-refractivity contribution is 6.11. The maximum absolute atomic E-state index is 13.5. The van der Waals surface area contributed by atoms with E-state index in [1.807, 2.05) is 85.8 Å². The van der Waals surface area contributed by atoms with E-state index < -0.39 is 0 Å². The molecule has 2 aliphatic heterocycles. The van der Waals surface area contributed by atoms with Gasteiger partial charge in [-0.2, -0.15) is 0 Å². The van der Waals surface area contributed by atoms with Crippen LogP contribution in [0.25, 0.3) is 22.3 Å². The van der Waals surface area contributed by atoms with Crippen LogP contribution < -0.4 is 25.2 Å². The van der Waals surface area contributed by atoms with Crippen molar-refractivity contribution in [1.29, 1.82) is 0 Å². The molecule has 0 unspecified atom stereocenters. The predicted molar refractivity (Wildman–Crippen MR) is 255 cm³/mol. The topological polar surface area (TPSA) is 73.9 Å². The quantitative estimate of drug-likeness (QED) is 0.152. The van der Waals surface area contributed by atoms with E-state index in [1.165, 1.54) is 48.2 Å². The molecular formula is C54H60N4O3. The summed E-state index contributed by atoms with van der Waals surface area (Å²) in [5, 5.41) is 6.48. The third-order valence-electron chi connectivity index (χ3n) is 12.2. The summed E-state index contributed by atoms with van der Waals surface area (Å²) in [6.07, 6.45) is 4.91. The second-order valence-electron chi connectivity index (χ2n) is 16.7. The number of aryl methyl sites for hydroxylation is 5. The van der Waals surface area contributed by atoms with Gasteiger partial charge in [0.15, 0.2) is 0 Å². The number of rotatable bonds is 9. The zero-order chi connectivity index (χ0) is 43.2. The number of hydrogen-bond donors (Lipinski definition) is 2. The molecular weight excluding hydrogens is 753 g/mol. The Balaban J connectivity index is 0.000000184. The van der Waals surface area contributed by atoms with Crippen molar-refractivity contribution in [1.82, 2.24) is 0 Å². The second-order valence-corrected chi connectivity index (χ2v) is 16.7. The molecule has 0 saturated carbocycles. The summed E-state index contributed by atoms with van der Waals surface area (Å²) >= 11 is 0. The summed E-state index contributed by atoms with van der Waals surface area (Å²) in [7, 11) is 1.62. The Kier molecular flexibility index (Phi) is 13.3. The van der Waals surface area contributed by atoms with Crippen LogP contribution in [0.5, 0.6) is 5.75 Å². The van der Waals surface area contributed by atoms with Crippen molar-refractivity contribution in [2.24, 2.45) is 0 Å². The number of carbonyl (C=O) groups is 2. The normalized spacial score (nSPS) is 13.4. The summed E-state index contributed by atoms with van der Waals surface area (Å²) in [5.74, 6) is 0.486. The predicted octanol–water partition coefficient (Wildman–Crippen LogP) is 12.6. The van der Waals surface area contributed by atoms with E-state index in [0.29, 0.717) is 16.9 Å². The van der Waals surface area contributed by atoms with E-state index in [2.05, 4.69) is 92.3 Å². The molecule has 0 radical (unpaired) electrons. The van der Waals surface area contributed by atoms with Gasteiger partial charge < -0.3 is 25.2 Å². The first kappa shape index (κ1) is 42.8. The van der Waals surface area contributed by atoms with Gasteiger partial charge in [0.1, 0.15) is 5.75 Å². The van der Waals surface area contributed by atoms with Gasteiger partial charge in [-0.1, -0.05) is 90.5 Å². The van der Waals surface area contributed by atoms with E-state index in [0.717, 1.165) is 87.6 Å². The lowest BCUT2D eigenvalue weighted by Gasteiger charge is -2.26. The second kappa shape index (κ2) is 18.9. The van der Waals surface area contributed by atoms with E-state index in [-0.39, 0.29) is 11.8 Å². The highest BCUT2D eigenvalue weighted by atomic mass is 16.5. The highest BCUT2D eigenvalue weighted by Gasteiger charge is 2.24. The highest BCUT2D eigenvalue weighted by Crippen LogP contribution is 2.38. The molecule has 0 spiro atoms. The van der Waals surface area contributed by atoms with Crippen LogP contribution in [0.2, 0.25) is 0 Å². The first-order chi connectivity index (χ1) is 29.4. The van der Waals surface area contributed by atoms with Gasteiger partial charge in [0.25, 0.3) is 11.8 Å². The maximum Gasteiger partial charge on any atom is 0.256 e. The molecule has 8 rings (SSSR count). The Morgan fingerprint density at radius 1 is 0.492 bits per heavy atom. The molecule has 7 heteroatoms. The van der Waals surface area contributed by atoms with Crippen molar-refractivity contribution < 1.29 is 14.3 Å². The summed E-state index contributed by atoms with van der Waals surface area (Å²) in [6, 6.07) is 36.2. The Morgan fingerprint density at radius 3 is 1.33 bits per heavy atom. The molecule has 61 heavy (non-hydrogen) atoms. The average Bonchev–Trinajstić information content (AvgIpc) is 4.00. The zero-order valence-electron chi connectivity index (χ0n) is 37.2. The molecule has 0 aliphatic carbocycles. The van der Waals surface area contributed by atoms with Crippen LogP contribution in [0.4, 0.5) is 22.7 Å². The number of anilines is 4. The minimum Gasteiger partial charge on any atom is -0.497 e. The molecule has 2 amide bonds. The number of amides is 2. The van der Waals surface area contributed by atoms with Gasteiger partial charge in [-0.3, -0.25) is 9.59 Å². The lowest BCUT2D eigenvalue weighted by Crippen LogP contribution is -2.22. The average molecular weight is 813 g/mol.